The van der Waals surface area contributed by atoms with Gasteiger partial charge in [0.2, 0.25) is 0 Å². The molecule has 0 radical (unpaired) electrons. The molecule has 3 nitrogen and oxygen atoms in total. The highest BCUT2D eigenvalue weighted by molar-refractivity contribution is 14.1. The summed E-state index contributed by atoms with van der Waals surface area (Å²) in [6, 6.07) is 11.6. The lowest BCUT2D eigenvalue weighted by molar-refractivity contribution is 0.354. The van der Waals surface area contributed by atoms with Crippen molar-refractivity contribution in [2.45, 2.75) is 6.04 Å². The molecule has 2 N–H and O–H groups in total. The molecule has 0 aliphatic carbocycles. The molecular formula is C15H15BrINO2. The molecule has 2 aromatic rings. The first-order chi connectivity index (χ1) is 9.58. The normalized spacial score (nSPS) is 12.1. The lowest BCUT2D eigenvalue weighted by atomic mass is 9.99. The van der Waals surface area contributed by atoms with Gasteiger partial charge in [-0.1, -0.05) is 34.1 Å². The van der Waals surface area contributed by atoms with Crippen LogP contribution in [0.15, 0.2) is 40.9 Å². The Morgan fingerprint density at radius 3 is 2.25 bits per heavy atom. The van der Waals surface area contributed by atoms with Crippen LogP contribution in [0, 0.1) is 3.57 Å². The Morgan fingerprint density at radius 2 is 1.65 bits per heavy atom. The van der Waals surface area contributed by atoms with Gasteiger partial charge in [-0.2, -0.15) is 0 Å². The molecule has 0 aliphatic heterocycles. The summed E-state index contributed by atoms with van der Waals surface area (Å²) in [5.74, 6) is 1.35. The van der Waals surface area contributed by atoms with Crippen molar-refractivity contribution < 1.29 is 9.47 Å². The van der Waals surface area contributed by atoms with Crippen LogP contribution in [0.25, 0.3) is 0 Å². The van der Waals surface area contributed by atoms with E-state index < -0.39 is 0 Å². The summed E-state index contributed by atoms with van der Waals surface area (Å²) in [5.41, 5.74) is 8.45. The second-order valence-corrected chi connectivity index (χ2v) is 6.24. The lowest BCUT2D eigenvalue weighted by Crippen LogP contribution is -2.14. The average Bonchev–Trinajstić information content (AvgIpc) is 2.46. The zero-order chi connectivity index (χ0) is 14.7. The van der Waals surface area contributed by atoms with Crippen molar-refractivity contribution in [3.8, 4) is 11.5 Å². The molecule has 0 saturated heterocycles. The third-order valence-electron chi connectivity index (χ3n) is 3.08. The summed E-state index contributed by atoms with van der Waals surface area (Å²) in [7, 11) is 3.23. The molecule has 0 bridgehead atoms. The Labute approximate surface area is 140 Å². The Kier molecular flexibility index (Phi) is 5.29. The first kappa shape index (κ1) is 15.6. The zero-order valence-electron chi connectivity index (χ0n) is 11.2. The van der Waals surface area contributed by atoms with Crippen LogP contribution in [0.3, 0.4) is 0 Å². The van der Waals surface area contributed by atoms with E-state index in [4.69, 9.17) is 15.2 Å². The number of hydrogen-bond donors (Lipinski definition) is 1. The summed E-state index contributed by atoms with van der Waals surface area (Å²) >= 11 is 5.85. The van der Waals surface area contributed by atoms with Crippen LogP contribution in [-0.2, 0) is 0 Å². The number of hydrogen-bond acceptors (Lipinski definition) is 3. The van der Waals surface area contributed by atoms with Gasteiger partial charge in [-0.15, -0.1) is 0 Å². The summed E-state index contributed by atoms with van der Waals surface area (Å²) in [5, 5.41) is 0. The summed E-state index contributed by atoms with van der Waals surface area (Å²) in [4.78, 5) is 0. The van der Waals surface area contributed by atoms with Gasteiger partial charge in [-0.25, -0.2) is 0 Å². The molecular weight excluding hydrogens is 433 g/mol. The van der Waals surface area contributed by atoms with Gasteiger partial charge in [0.25, 0.3) is 0 Å². The van der Waals surface area contributed by atoms with Crippen molar-refractivity contribution in [2.24, 2.45) is 5.73 Å². The minimum Gasteiger partial charge on any atom is -0.493 e. The van der Waals surface area contributed by atoms with E-state index in [9.17, 15) is 0 Å². The minimum atomic E-state index is -0.225. The summed E-state index contributed by atoms with van der Waals surface area (Å²) in [6.45, 7) is 0. The topological polar surface area (TPSA) is 44.5 Å². The largest absolute Gasteiger partial charge is 0.493 e. The van der Waals surface area contributed by atoms with Gasteiger partial charge in [-0.3, -0.25) is 0 Å². The van der Waals surface area contributed by atoms with Crippen LogP contribution >= 0.6 is 38.5 Å². The molecule has 5 heteroatoms. The molecule has 106 valence electrons. The van der Waals surface area contributed by atoms with Gasteiger partial charge in [0, 0.05) is 8.04 Å². The van der Waals surface area contributed by atoms with Crippen molar-refractivity contribution in [2.75, 3.05) is 14.2 Å². The van der Waals surface area contributed by atoms with E-state index in [2.05, 4.69) is 38.5 Å². The van der Waals surface area contributed by atoms with Crippen molar-refractivity contribution >= 4 is 38.5 Å². The van der Waals surface area contributed by atoms with Crippen LogP contribution in [0.4, 0.5) is 0 Å². The van der Waals surface area contributed by atoms with Crippen molar-refractivity contribution in [3.05, 3.63) is 55.6 Å². The van der Waals surface area contributed by atoms with E-state index in [1.54, 1.807) is 14.2 Å². The molecule has 1 atom stereocenters. The van der Waals surface area contributed by atoms with Crippen molar-refractivity contribution in [3.63, 3.8) is 0 Å². The number of rotatable bonds is 4. The first-order valence-electron chi connectivity index (χ1n) is 6.00. The maximum Gasteiger partial charge on any atom is 0.161 e. The predicted molar refractivity (Wildman–Crippen MR) is 92.4 cm³/mol. The van der Waals surface area contributed by atoms with Gasteiger partial charge in [0.05, 0.1) is 20.3 Å². The fourth-order valence-corrected chi connectivity index (χ4v) is 3.29. The second-order valence-electron chi connectivity index (χ2n) is 4.23. The van der Waals surface area contributed by atoms with E-state index in [1.165, 1.54) is 0 Å². The van der Waals surface area contributed by atoms with Crippen LogP contribution in [-0.4, -0.2) is 14.2 Å². The van der Waals surface area contributed by atoms with E-state index in [-0.39, 0.29) is 6.04 Å². The molecule has 20 heavy (non-hydrogen) atoms. The molecule has 2 rings (SSSR count). The van der Waals surface area contributed by atoms with Gasteiger partial charge in [0.1, 0.15) is 0 Å². The maximum absolute atomic E-state index is 6.40. The Morgan fingerprint density at radius 1 is 1.05 bits per heavy atom. The van der Waals surface area contributed by atoms with Crippen LogP contribution in [0.2, 0.25) is 0 Å². The predicted octanol–water partition coefficient (Wildman–Crippen LogP) is 4.12. The molecule has 0 aliphatic rings. The van der Waals surface area contributed by atoms with Gasteiger partial charge < -0.3 is 15.2 Å². The Balaban J connectivity index is 2.50. The van der Waals surface area contributed by atoms with Gasteiger partial charge >= 0.3 is 0 Å². The Hall–Kier alpha value is -0.790. The Bertz CT molecular complexity index is 619. The number of nitrogens with two attached hydrogens (primary N) is 1. The fraction of sp³-hybridized carbons (Fsp3) is 0.200. The van der Waals surface area contributed by atoms with Crippen molar-refractivity contribution in [1.29, 1.82) is 0 Å². The molecule has 0 saturated carbocycles. The maximum atomic E-state index is 6.40. The standard InChI is InChI=1S/C15H15BrINO2/c1-19-13-7-10(11(16)8-14(13)20-2)15(18)9-5-3-4-6-12(9)17/h3-8,15H,18H2,1-2H3. The van der Waals surface area contributed by atoms with Crippen LogP contribution in [0.5, 0.6) is 11.5 Å². The molecule has 0 aromatic heterocycles. The summed E-state index contributed by atoms with van der Waals surface area (Å²) in [6.07, 6.45) is 0. The second kappa shape index (κ2) is 6.78. The third kappa shape index (κ3) is 3.10. The monoisotopic (exact) mass is 447 g/mol. The number of ether oxygens (including phenoxy) is 2. The molecule has 0 amide bonds. The first-order valence-corrected chi connectivity index (χ1v) is 7.87. The van der Waals surface area contributed by atoms with Crippen LogP contribution < -0.4 is 15.2 Å². The van der Waals surface area contributed by atoms with Crippen LogP contribution in [0.1, 0.15) is 17.2 Å². The van der Waals surface area contributed by atoms with E-state index in [1.807, 2.05) is 36.4 Å². The highest BCUT2D eigenvalue weighted by Crippen LogP contribution is 2.37. The van der Waals surface area contributed by atoms with E-state index >= 15 is 0 Å². The van der Waals surface area contributed by atoms with E-state index in [0.29, 0.717) is 11.5 Å². The highest BCUT2D eigenvalue weighted by Gasteiger charge is 2.18. The molecule has 1 unspecified atom stereocenters. The molecule has 0 spiro atoms. The number of halogens is 2. The third-order valence-corrected chi connectivity index (χ3v) is 4.75. The smallest absolute Gasteiger partial charge is 0.161 e. The van der Waals surface area contributed by atoms with Gasteiger partial charge in [0.15, 0.2) is 11.5 Å². The highest BCUT2D eigenvalue weighted by atomic mass is 127. The molecule has 0 heterocycles. The summed E-state index contributed by atoms with van der Waals surface area (Å²) < 4.78 is 12.7. The number of methoxy groups -OCH3 is 2. The molecule has 2 aromatic carbocycles. The van der Waals surface area contributed by atoms with Crippen molar-refractivity contribution in [1.82, 2.24) is 0 Å². The van der Waals surface area contributed by atoms with Gasteiger partial charge in [-0.05, 0) is 51.9 Å². The fourth-order valence-electron chi connectivity index (χ4n) is 2.00. The minimum absolute atomic E-state index is 0.225. The van der Waals surface area contributed by atoms with E-state index in [0.717, 1.165) is 19.2 Å². The quantitative estimate of drug-likeness (QED) is 0.717. The number of benzene rings is 2. The average molecular weight is 448 g/mol. The SMILES string of the molecule is COc1cc(Br)c(C(N)c2ccccc2I)cc1OC. The zero-order valence-corrected chi connectivity index (χ0v) is 14.9. The lowest BCUT2D eigenvalue weighted by Gasteiger charge is -2.18. The molecule has 0 fully saturated rings.